The van der Waals surface area contributed by atoms with Gasteiger partial charge in [-0.3, -0.25) is 13.8 Å². The van der Waals surface area contributed by atoms with E-state index in [0.29, 0.717) is 13.2 Å². The molecule has 0 saturated heterocycles. The summed E-state index contributed by atoms with van der Waals surface area (Å²) >= 11 is 0. The number of phosphoric ester groups is 1. The van der Waals surface area contributed by atoms with Gasteiger partial charge in [0.25, 0.3) is 0 Å². The summed E-state index contributed by atoms with van der Waals surface area (Å²) in [6, 6.07) is 0. The molecule has 0 radical (unpaired) electrons. The number of carbonyl (C=O) groups excluding carboxylic acids is 1. The third-order valence-electron chi connectivity index (χ3n) is 3.61. The number of hydrogen-bond donors (Lipinski definition) is 2. The van der Waals surface area contributed by atoms with Crippen LogP contribution in [0.15, 0.2) is 0 Å². The molecule has 0 saturated carbocycles. The van der Waals surface area contributed by atoms with E-state index in [2.05, 4.69) is 13.8 Å². The number of phosphoric acid groups is 1. The van der Waals surface area contributed by atoms with Gasteiger partial charge < -0.3 is 10.00 Å². The molecule has 0 bridgehead atoms. The van der Waals surface area contributed by atoms with Gasteiger partial charge in [0.1, 0.15) is 0 Å². The monoisotopic (exact) mass is 396 g/mol. The highest BCUT2D eigenvalue weighted by molar-refractivity contribution is 7.47. The van der Waals surface area contributed by atoms with Crippen LogP contribution in [0.5, 0.6) is 0 Å². The first-order valence-corrected chi connectivity index (χ1v) is 11.2. The van der Waals surface area contributed by atoms with Gasteiger partial charge in [-0.15, -0.1) is 0 Å². The molecule has 0 atom stereocenters. The minimum absolute atomic E-state index is 0.167. The average Bonchev–Trinajstić information content (AvgIpc) is 2.60. The molecule has 8 heteroatoms. The molecule has 0 aliphatic heterocycles. The van der Waals surface area contributed by atoms with E-state index in [1.165, 1.54) is 51.4 Å². The molecule has 0 amide bonds. The number of unbranched alkanes of at least 4 members (excludes halogenated alkanes) is 10. The van der Waals surface area contributed by atoms with Crippen LogP contribution in [-0.4, -0.2) is 35.5 Å². The summed E-state index contributed by atoms with van der Waals surface area (Å²) < 4.78 is 21.5. The number of rotatable bonds is 17. The van der Waals surface area contributed by atoms with Crippen LogP contribution in [0.2, 0.25) is 0 Å². The molecule has 0 unspecified atom stereocenters. The minimum atomic E-state index is -3.82. The number of aliphatic carboxylic acids is 1. The van der Waals surface area contributed by atoms with Crippen LogP contribution >= 0.6 is 7.82 Å². The van der Waals surface area contributed by atoms with Crippen LogP contribution in [0.1, 0.15) is 90.9 Å². The molecule has 0 aliphatic rings. The molecule has 0 aromatic heterocycles. The maximum atomic E-state index is 11.6. The molecule has 0 aromatic rings. The second-order valence-electron chi connectivity index (χ2n) is 6.13. The van der Waals surface area contributed by atoms with Gasteiger partial charge in [-0.1, -0.05) is 78.1 Å². The Hall–Kier alpha value is -0.750. The normalized spacial score (nSPS) is 10.9. The lowest BCUT2D eigenvalue weighted by Crippen LogP contribution is -1.99. The number of aldehydes is 1. The van der Waals surface area contributed by atoms with E-state index >= 15 is 0 Å². The van der Waals surface area contributed by atoms with Gasteiger partial charge in [-0.25, -0.2) is 9.36 Å². The number of carboxylic acids is 1. The number of hydrogen-bond acceptors (Lipinski definition) is 5. The highest BCUT2D eigenvalue weighted by atomic mass is 31.2. The lowest BCUT2D eigenvalue weighted by molar-refractivity contribution is -0.143. The first-order valence-electron chi connectivity index (χ1n) is 9.69. The molecule has 156 valence electrons. The predicted octanol–water partition coefficient (Wildman–Crippen LogP) is 5.11. The molecular formula is C18H37O7P. The lowest BCUT2D eigenvalue weighted by Gasteiger charge is -2.12. The van der Waals surface area contributed by atoms with Crippen molar-refractivity contribution in [3.05, 3.63) is 0 Å². The fraction of sp³-hybridized carbons (Fsp3) is 0.889. The van der Waals surface area contributed by atoms with Crippen LogP contribution in [0.25, 0.3) is 0 Å². The molecule has 0 heterocycles. The fourth-order valence-electron chi connectivity index (χ4n) is 2.16. The molecule has 0 rings (SSSR count). The number of carboxylic acid groups (broad SMARTS) is 1. The maximum absolute atomic E-state index is 11.6. The Morgan fingerprint density at radius 1 is 0.808 bits per heavy atom. The molecule has 7 nitrogen and oxygen atoms in total. The van der Waals surface area contributed by atoms with Crippen LogP contribution in [-0.2, 0) is 23.2 Å². The average molecular weight is 396 g/mol. The summed E-state index contributed by atoms with van der Waals surface area (Å²) in [7, 11) is -3.82. The molecule has 0 spiro atoms. The Balaban J connectivity index is 0. The topological polar surface area (TPSA) is 110 Å². The van der Waals surface area contributed by atoms with Crippen molar-refractivity contribution >= 4 is 20.1 Å². The van der Waals surface area contributed by atoms with E-state index in [9.17, 15) is 9.46 Å². The van der Waals surface area contributed by atoms with Crippen molar-refractivity contribution in [2.75, 3.05) is 13.2 Å². The van der Waals surface area contributed by atoms with Crippen molar-refractivity contribution in [1.82, 2.24) is 0 Å². The van der Waals surface area contributed by atoms with E-state index in [4.69, 9.17) is 23.7 Å². The van der Waals surface area contributed by atoms with Gasteiger partial charge in [0.2, 0.25) is 6.29 Å². The van der Waals surface area contributed by atoms with Crippen LogP contribution in [0, 0.1) is 0 Å². The van der Waals surface area contributed by atoms with Crippen molar-refractivity contribution in [2.45, 2.75) is 90.9 Å². The largest absolute Gasteiger partial charge is 0.476 e. The van der Waals surface area contributed by atoms with E-state index in [1.54, 1.807) is 0 Å². The van der Waals surface area contributed by atoms with Gasteiger partial charge in [0.05, 0.1) is 13.2 Å². The summed E-state index contributed by atoms with van der Waals surface area (Å²) in [6.45, 7) is 5.01. The third-order valence-corrected chi connectivity index (χ3v) is 4.62. The third kappa shape index (κ3) is 25.5. The van der Waals surface area contributed by atoms with Crippen molar-refractivity contribution in [1.29, 1.82) is 0 Å². The molecular weight excluding hydrogens is 359 g/mol. The Morgan fingerprint density at radius 3 is 1.42 bits per heavy atom. The Labute approximate surface area is 158 Å². The van der Waals surface area contributed by atoms with Gasteiger partial charge in [0.15, 0.2) is 0 Å². The second kappa shape index (κ2) is 20.6. The standard InChI is InChI=1S/C16H35O4P.C2H2O3/c1-3-5-7-9-11-13-15-19-21(17,18)20-16-14-12-10-8-6-4-2;3-1-2(4)5/h3-16H2,1-2H3,(H,17,18);1H,(H,4,5). The van der Waals surface area contributed by atoms with E-state index in [-0.39, 0.29) is 6.29 Å². The Bertz CT molecular complexity index is 353. The zero-order valence-electron chi connectivity index (χ0n) is 16.4. The van der Waals surface area contributed by atoms with Crippen LogP contribution < -0.4 is 0 Å². The Kier molecular flexibility index (Phi) is 21.7. The highest BCUT2D eigenvalue weighted by Gasteiger charge is 2.19. The van der Waals surface area contributed by atoms with Crippen molar-refractivity contribution in [2.24, 2.45) is 0 Å². The van der Waals surface area contributed by atoms with Gasteiger partial charge in [0, 0.05) is 0 Å². The van der Waals surface area contributed by atoms with E-state index in [0.717, 1.165) is 25.7 Å². The van der Waals surface area contributed by atoms with Crippen molar-refractivity contribution in [3.63, 3.8) is 0 Å². The highest BCUT2D eigenvalue weighted by Crippen LogP contribution is 2.43. The summed E-state index contributed by atoms with van der Waals surface area (Å²) in [4.78, 5) is 27.4. The predicted molar refractivity (Wildman–Crippen MR) is 102 cm³/mol. The van der Waals surface area contributed by atoms with Gasteiger partial charge in [-0.05, 0) is 12.8 Å². The SMILES string of the molecule is CCCCCCCCOP(=O)(O)OCCCCCCCC.O=CC(=O)O. The summed E-state index contributed by atoms with van der Waals surface area (Å²) in [5, 5.41) is 7.35. The number of carbonyl (C=O) groups is 2. The summed E-state index contributed by atoms with van der Waals surface area (Å²) in [5.74, 6) is -1.43. The molecule has 0 aromatic carbocycles. The zero-order valence-corrected chi connectivity index (χ0v) is 17.3. The lowest BCUT2D eigenvalue weighted by atomic mass is 10.1. The summed E-state index contributed by atoms with van der Waals surface area (Å²) in [5.41, 5.74) is 0. The quantitative estimate of drug-likeness (QED) is 0.152. The maximum Gasteiger partial charge on any atom is 0.472 e. The zero-order chi connectivity index (χ0) is 20.1. The molecule has 26 heavy (non-hydrogen) atoms. The molecule has 0 aliphatic carbocycles. The van der Waals surface area contributed by atoms with E-state index in [1.807, 2.05) is 0 Å². The minimum Gasteiger partial charge on any atom is -0.476 e. The first-order chi connectivity index (χ1) is 12.4. The Morgan fingerprint density at radius 2 is 1.12 bits per heavy atom. The second-order valence-corrected chi connectivity index (χ2v) is 7.58. The molecule has 0 fully saturated rings. The van der Waals surface area contributed by atoms with Gasteiger partial charge in [-0.2, -0.15) is 0 Å². The van der Waals surface area contributed by atoms with Crippen molar-refractivity contribution < 1.29 is 33.2 Å². The van der Waals surface area contributed by atoms with Crippen LogP contribution in [0.3, 0.4) is 0 Å². The smallest absolute Gasteiger partial charge is 0.472 e. The van der Waals surface area contributed by atoms with Crippen molar-refractivity contribution in [3.8, 4) is 0 Å². The van der Waals surface area contributed by atoms with E-state index < -0.39 is 13.8 Å². The van der Waals surface area contributed by atoms with Gasteiger partial charge >= 0.3 is 13.8 Å². The summed E-state index contributed by atoms with van der Waals surface area (Å²) in [6.07, 6.45) is 13.4. The van der Waals surface area contributed by atoms with Crippen LogP contribution in [0.4, 0.5) is 0 Å². The first kappa shape index (κ1) is 27.5. The molecule has 2 N–H and O–H groups in total. The fourth-order valence-corrected chi connectivity index (χ4v) is 2.96.